The largest absolute Gasteiger partial charge is 2.00 e. The molecule has 0 bridgehead atoms. The molecule has 0 unspecified atom stereocenters. The normalized spacial score (nSPS) is 7.62. The number of hydrogen-bond acceptors (Lipinski definition) is 8. The summed E-state index contributed by atoms with van der Waals surface area (Å²) in [5, 5.41) is 19.0. The Morgan fingerprint density at radius 3 is 1.10 bits per heavy atom. The third kappa shape index (κ3) is 56.1. The van der Waals surface area contributed by atoms with Crippen LogP contribution in [0.1, 0.15) is 40.5 Å². The van der Waals surface area contributed by atoms with Gasteiger partial charge in [0.2, 0.25) is 0 Å². The Bertz CT molecular complexity index is 301. The summed E-state index contributed by atoms with van der Waals surface area (Å²) in [5.74, 6) is -3.59. The van der Waals surface area contributed by atoms with E-state index in [9.17, 15) is 34.2 Å². The molecule has 0 aliphatic heterocycles. The van der Waals surface area contributed by atoms with E-state index in [4.69, 9.17) is 0 Å². The molecule has 0 aromatic rings. The van der Waals surface area contributed by atoms with E-state index < -0.39 is 24.8 Å². The van der Waals surface area contributed by atoms with Crippen LogP contribution in [0.25, 0.3) is 0 Å². The van der Waals surface area contributed by atoms with Gasteiger partial charge in [-0.3, -0.25) is 14.4 Å². The summed E-state index contributed by atoms with van der Waals surface area (Å²) >= 11 is 0. The maximum atomic E-state index is 9.83. The standard InChI is InChI=1S/2C4H6O3.C4H8O2.Zn/c2*1-3(5)2-4(6)7;1-3-6-4(2)5;/h2*2H2,1H3,(H,6,7);3H2,1-2H3;/q;;;+2/p-2. The summed E-state index contributed by atoms with van der Waals surface area (Å²) in [5.41, 5.74) is 0. The second-order valence-corrected chi connectivity index (χ2v) is 3.43. The van der Waals surface area contributed by atoms with Crippen molar-refractivity contribution in [3.8, 4) is 0 Å². The average Bonchev–Trinajstić information content (AvgIpc) is 2.13. The minimum absolute atomic E-state index is 0. The molecule has 0 saturated carbocycles. The number of esters is 1. The minimum atomic E-state index is -1.31. The molecule has 8 nitrogen and oxygen atoms in total. The van der Waals surface area contributed by atoms with Crippen LogP contribution in [0.15, 0.2) is 0 Å². The molecule has 0 aliphatic carbocycles. The van der Waals surface area contributed by atoms with Crippen LogP contribution in [-0.2, 0) is 48.2 Å². The fourth-order valence-electron chi connectivity index (χ4n) is 0.610. The number of carbonyl (C=O) groups excluding carboxylic acids is 5. The molecule has 0 aromatic carbocycles. The number of carbonyl (C=O) groups is 5. The number of carboxylic acids is 2. The Hall–Kier alpha value is -1.63. The average molecular weight is 356 g/mol. The van der Waals surface area contributed by atoms with Crippen LogP contribution in [-0.4, -0.2) is 36.1 Å². The van der Waals surface area contributed by atoms with Crippen molar-refractivity contribution in [2.24, 2.45) is 0 Å². The van der Waals surface area contributed by atoms with Gasteiger partial charge in [0.05, 0.1) is 6.61 Å². The number of ether oxygens (including phenoxy) is 1. The predicted octanol–water partition coefficient (Wildman–Crippen LogP) is -2.00. The first kappa shape index (κ1) is 27.7. The maximum Gasteiger partial charge on any atom is 2.00 e. The van der Waals surface area contributed by atoms with E-state index in [-0.39, 0.29) is 37.0 Å². The Morgan fingerprint density at radius 2 is 1.10 bits per heavy atom. The van der Waals surface area contributed by atoms with Crippen LogP contribution in [0.2, 0.25) is 0 Å². The molecule has 0 saturated heterocycles. The number of carboxylic acid groups (broad SMARTS) is 2. The van der Waals surface area contributed by atoms with Crippen LogP contribution in [0, 0.1) is 0 Å². The van der Waals surface area contributed by atoms with Crippen LogP contribution in [0.5, 0.6) is 0 Å². The van der Waals surface area contributed by atoms with Crippen molar-refractivity contribution >= 4 is 29.5 Å². The molecule has 0 aliphatic rings. The summed E-state index contributed by atoms with van der Waals surface area (Å²) in [6, 6.07) is 0. The fraction of sp³-hybridized carbons (Fsp3) is 0.583. The van der Waals surface area contributed by atoms with Crippen LogP contribution >= 0.6 is 0 Å². The van der Waals surface area contributed by atoms with Gasteiger partial charge in [-0.1, -0.05) is 0 Å². The van der Waals surface area contributed by atoms with Crippen molar-refractivity contribution in [3.63, 3.8) is 0 Å². The van der Waals surface area contributed by atoms with Gasteiger partial charge in [-0.15, -0.1) is 0 Å². The van der Waals surface area contributed by atoms with Gasteiger partial charge in [0.15, 0.2) is 0 Å². The van der Waals surface area contributed by atoms with E-state index in [0.717, 1.165) is 0 Å². The smallest absolute Gasteiger partial charge is 0.550 e. The Balaban J connectivity index is -0.000000101. The molecular weight excluding hydrogens is 338 g/mol. The topological polar surface area (TPSA) is 141 Å². The molecule has 0 rings (SSSR count). The number of hydrogen-bond donors (Lipinski definition) is 0. The van der Waals surface area contributed by atoms with Crippen molar-refractivity contribution in [1.82, 2.24) is 0 Å². The van der Waals surface area contributed by atoms with Crippen molar-refractivity contribution in [1.29, 1.82) is 0 Å². The first-order chi connectivity index (χ1) is 9.02. The Labute approximate surface area is 135 Å². The molecule has 0 spiro atoms. The Kier molecular flexibility index (Phi) is 24.2. The van der Waals surface area contributed by atoms with Crippen molar-refractivity contribution in [2.75, 3.05) is 6.61 Å². The summed E-state index contributed by atoms with van der Waals surface area (Å²) in [6.45, 7) is 6.06. The number of Topliss-reactive ketones (excluding diaryl/α,β-unsaturated/α-hetero) is 2. The first-order valence-electron chi connectivity index (χ1n) is 5.54. The van der Waals surface area contributed by atoms with Crippen molar-refractivity contribution in [2.45, 2.75) is 40.5 Å². The summed E-state index contributed by atoms with van der Waals surface area (Å²) in [4.78, 5) is 48.4. The Morgan fingerprint density at radius 1 is 0.810 bits per heavy atom. The zero-order valence-corrected chi connectivity index (χ0v) is 15.6. The third-order valence-electron chi connectivity index (χ3n) is 1.13. The number of aliphatic carboxylic acids is 2. The number of rotatable bonds is 5. The molecule has 21 heavy (non-hydrogen) atoms. The quantitative estimate of drug-likeness (QED) is 0.313. The van der Waals surface area contributed by atoms with E-state index in [1.807, 2.05) is 0 Å². The molecule has 0 radical (unpaired) electrons. The second-order valence-electron chi connectivity index (χ2n) is 3.43. The molecule has 116 valence electrons. The van der Waals surface area contributed by atoms with Gasteiger partial charge in [0.25, 0.3) is 0 Å². The summed E-state index contributed by atoms with van der Waals surface area (Å²) < 4.78 is 4.40. The second kappa shape index (κ2) is 18.4. The van der Waals surface area contributed by atoms with Gasteiger partial charge >= 0.3 is 25.4 Å². The van der Waals surface area contributed by atoms with E-state index in [2.05, 4.69) is 4.74 Å². The van der Waals surface area contributed by atoms with Crippen molar-refractivity contribution in [3.05, 3.63) is 0 Å². The molecule has 0 amide bonds. The van der Waals surface area contributed by atoms with Crippen LogP contribution in [0.3, 0.4) is 0 Å². The summed E-state index contributed by atoms with van der Waals surface area (Å²) in [6.07, 6.45) is -0.944. The summed E-state index contributed by atoms with van der Waals surface area (Å²) in [7, 11) is 0. The molecule has 0 N–H and O–H groups in total. The van der Waals surface area contributed by atoms with E-state index in [1.165, 1.54) is 20.8 Å². The molecule has 0 heterocycles. The third-order valence-corrected chi connectivity index (χ3v) is 1.13. The first-order valence-corrected chi connectivity index (χ1v) is 5.54. The monoisotopic (exact) mass is 354 g/mol. The van der Waals surface area contributed by atoms with Gasteiger partial charge in [0.1, 0.15) is 11.6 Å². The molecular formula is C12H18O8Zn. The van der Waals surface area contributed by atoms with Crippen molar-refractivity contribution < 1.29 is 58.4 Å². The molecule has 0 aromatic heterocycles. The van der Waals surface area contributed by atoms with Crippen LogP contribution in [0.4, 0.5) is 0 Å². The molecule has 0 atom stereocenters. The number of ketones is 2. The predicted molar refractivity (Wildman–Crippen MR) is 62.9 cm³/mol. The van der Waals surface area contributed by atoms with Gasteiger partial charge in [-0.05, 0) is 20.8 Å². The zero-order valence-electron chi connectivity index (χ0n) is 12.6. The fourth-order valence-corrected chi connectivity index (χ4v) is 0.610. The van der Waals surface area contributed by atoms with E-state index >= 15 is 0 Å². The molecule has 0 fully saturated rings. The van der Waals surface area contributed by atoms with E-state index in [0.29, 0.717) is 6.61 Å². The SMILES string of the molecule is CC(=O)CC(=O)[O-].CC(=O)CC(=O)[O-].CCOC(C)=O.[Zn+2]. The van der Waals surface area contributed by atoms with Gasteiger partial charge in [-0.25, -0.2) is 0 Å². The minimum Gasteiger partial charge on any atom is -0.550 e. The van der Waals surface area contributed by atoms with Gasteiger partial charge in [0, 0.05) is 31.7 Å². The van der Waals surface area contributed by atoms with Gasteiger partial charge < -0.3 is 24.5 Å². The van der Waals surface area contributed by atoms with Crippen LogP contribution < -0.4 is 10.2 Å². The zero-order chi connectivity index (χ0) is 16.7. The maximum absolute atomic E-state index is 9.83. The molecule has 9 heteroatoms. The van der Waals surface area contributed by atoms with E-state index in [1.54, 1.807) is 6.92 Å². The van der Waals surface area contributed by atoms with Gasteiger partial charge in [-0.2, -0.15) is 0 Å².